The van der Waals surface area contributed by atoms with Gasteiger partial charge in [-0.05, 0) is 51.8 Å². The van der Waals surface area contributed by atoms with Crippen LogP contribution in [0.3, 0.4) is 0 Å². The van der Waals surface area contributed by atoms with E-state index >= 15 is 0 Å². The number of nitrogens with zero attached hydrogens (tertiary/aromatic N) is 1. The van der Waals surface area contributed by atoms with E-state index in [0.717, 1.165) is 16.7 Å². The van der Waals surface area contributed by atoms with E-state index in [-0.39, 0.29) is 35.0 Å². The van der Waals surface area contributed by atoms with E-state index in [9.17, 15) is 9.59 Å². The maximum atomic E-state index is 13.0. The zero-order valence-electron chi connectivity index (χ0n) is 20.6. The highest BCUT2D eigenvalue weighted by Crippen LogP contribution is 2.30. The molecule has 0 aliphatic heterocycles. The number of carbonyl (C=O) groups excluding carboxylic acids is 2. The van der Waals surface area contributed by atoms with E-state index in [1.165, 1.54) is 0 Å². The predicted octanol–water partition coefficient (Wildman–Crippen LogP) is 3.47. The average Bonchev–Trinajstić information content (AvgIpc) is 2.71. The number of hydrogen-bond donors (Lipinski definition) is 4. The third-order valence-electron chi connectivity index (χ3n) is 5.23. The molecule has 2 rings (SSSR count). The summed E-state index contributed by atoms with van der Waals surface area (Å²) in [7, 11) is 0. The average molecular weight is 452 g/mol. The van der Waals surface area contributed by atoms with Gasteiger partial charge in [-0.25, -0.2) is 0 Å². The van der Waals surface area contributed by atoms with Gasteiger partial charge in [0.15, 0.2) is 5.96 Å². The van der Waals surface area contributed by atoms with Crippen molar-refractivity contribution in [2.45, 2.75) is 58.8 Å². The highest BCUT2D eigenvalue weighted by molar-refractivity contribution is 6.04. The number of nitrogens with one attached hydrogen (secondary N) is 2. The van der Waals surface area contributed by atoms with E-state index in [4.69, 9.17) is 11.5 Å². The topological polar surface area (TPSA) is 123 Å². The van der Waals surface area contributed by atoms with Crippen molar-refractivity contribution >= 4 is 23.5 Å². The second-order valence-corrected chi connectivity index (χ2v) is 10.3. The van der Waals surface area contributed by atoms with Crippen molar-refractivity contribution in [1.82, 2.24) is 5.32 Å². The zero-order chi connectivity index (χ0) is 24.8. The van der Waals surface area contributed by atoms with Crippen molar-refractivity contribution in [2.24, 2.45) is 16.5 Å². The fourth-order valence-electron chi connectivity index (χ4n) is 3.16. The number of anilines is 1. The van der Waals surface area contributed by atoms with Crippen LogP contribution >= 0.6 is 0 Å². The Kier molecular flexibility index (Phi) is 8.25. The summed E-state index contributed by atoms with van der Waals surface area (Å²) in [5, 5.41) is 5.73. The quantitative estimate of drug-likeness (QED) is 0.292. The molecule has 0 aromatic heterocycles. The number of rotatable bonds is 7. The Morgan fingerprint density at radius 1 is 0.879 bits per heavy atom. The first kappa shape index (κ1) is 25.9. The number of benzene rings is 2. The zero-order valence-corrected chi connectivity index (χ0v) is 20.6. The molecule has 33 heavy (non-hydrogen) atoms. The van der Waals surface area contributed by atoms with Crippen LogP contribution in [0.15, 0.2) is 47.5 Å². The van der Waals surface area contributed by atoms with Gasteiger partial charge in [0.05, 0.1) is 13.0 Å². The Hall–Kier alpha value is -3.35. The molecule has 2 aromatic carbocycles. The lowest BCUT2D eigenvalue weighted by Gasteiger charge is -2.26. The molecule has 0 fully saturated rings. The van der Waals surface area contributed by atoms with Crippen LogP contribution in [-0.2, 0) is 22.0 Å². The van der Waals surface area contributed by atoms with E-state index in [2.05, 4.69) is 63.2 Å². The Morgan fingerprint density at radius 2 is 1.42 bits per heavy atom. The first-order valence-corrected chi connectivity index (χ1v) is 11.1. The number of guanidine groups is 1. The fourth-order valence-corrected chi connectivity index (χ4v) is 3.16. The molecule has 0 saturated carbocycles. The summed E-state index contributed by atoms with van der Waals surface area (Å²) in [6.07, 6.45) is 0.235. The summed E-state index contributed by atoms with van der Waals surface area (Å²) in [5.41, 5.74) is 14.8. The number of hydrogen-bond acceptors (Lipinski definition) is 3. The standard InChI is InChI=1S/C26H37N5O2/c1-25(2,3)19-14-18(15-20(16-19)26(4,5)6)23(33)31-21-9-7-17(8-10-21)13-22(32)29-11-12-30-24(27)28/h7-10,14-16H,11-13H2,1-6H3,(H,29,32)(H,31,33)(H4,27,28,30). The van der Waals surface area contributed by atoms with Crippen molar-refractivity contribution in [3.05, 3.63) is 64.7 Å². The molecular weight excluding hydrogens is 414 g/mol. The van der Waals surface area contributed by atoms with Crippen molar-refractivity contribution in [2.75, 3.05) is 18.4 Å². The van der Waals surface area contributed by atoms with Crippen LogP contribution in [0.25, 0.3) is 0 Å². The van der Waals surface area contributed by atoms with Gasteiger partial charge in [-0.2, -0.15) is 0 Å². The fraction of sp³-hybridized carbons (Fsp3) is 0.423. The van der Waals surface area contributed by atoms with Crippen LogP contribution in [0, 0.1) is 0 Å². The summed E-state index contributed by atoms with van der Waals surface area (Å²) >= 11 is 0. The molecule has 7 heteroatoms. The van der Waals surface area contributed by atoms with Crippen LogP contribution < -0.4 is 22.1 Å². The molecule has 7 nitrogen and oxygen atoms in total. The summed E-state index contributed by atoms with van der Waals surface area (Å²) in [4.78, 5) is 28.9. The van der Waals surface area contributed by atoms with Crippen molar-refractivity contribution < 1.29 is 9.59 Å². The van der Waals surface area contributed by atoms with Crippen LogP contribution in [-0.4, -0.2) is 30.9 Å². The summed E-state index contributed by atoms with van der Waals surface area (Å²) < 4.78 is 0. The molecule has 6 N–H and O–H groups in total. The molecule has 0 spiro atoms. The van der Waals surface area contributed by atoms with Crippen LogP contribution in [0.4, 0.5) is 5.69 Å². The molecule has 0 bridgehead atoms. The molecule has 0 saturated heterocycles. The Balaban J connectivity index is 2.07. The number of amides is 2. The SMILES string of the molecule is CC(C)(C)c1cc(C(=O)Nc2ccc(CC(=O)NCCN=C(N)N)cc2)cc(C(C)(C)C)c1. The number of carbonyl (C=O) groups is 2. The van der Waals surface area contributed by atoms with Gasteiger partial charge >= 0.3 is 0 Å². The van der Waals surface area contributed by atoms with Gasteiger partial charge in [-0.15, -0.1) is 0 Å². The smallest absolute Gasteiger partial charge is 0.255 e. The monoisotopic (exact) mass is 451 g/mol. The lowest BCUT2D eigenvalue weighted by Crippen LogP contribution is -2.29. The molecule has 2 aromatic rings. The van der Waals surface area contributed by atoms with Gasteiger partial charge in [0.1, 0.15) is 0 Å². The summed E-state index contributed by atoms with van der Waals surface area (Å²) in [6, 6.07) is 13.4. The molecular formula is C26H37N5O2. The van der Waals surface area contributed by atoms with Gasteiger partial charge in [0, 0.05) is 17.8 Å². The normalized spacial score (nSPS) is 11.6. The highest BCUT2D eigenvalue weighted by Gasteiger charge is 2.22. The van der Waals surface area contributed by atoms with Crippen molar-refractivity contribution in [3.8, 4) is 0 Å². The van der Waals surface area contributed by atoms with Gasteiger partial charge in [0.25, 0.3) is 5.91 Å². The van der Waals surface area contributed by atoms with Crippen LogP contribution in [0.1, 0.15) is 68.6 Å². The van der Waals surface area contributed by atoms with Crippen molar-refractivity contribution in [1.29, 1.82) is 0 Å². The molecule has 2 amide bonds. The Labute approximate surface area is 197 Å². The van der Waals surface area contributed by atoms with Crippen LogP contribution in [0.5, 0.6) is 0 Å². The first-order chi connectivity index (χ1) is 15.3. The molecule has 0 radical (unpaired) electrons. The largest absolute Gasteiger partial charge is 0.370 e. The number of aliphatic imine (C=N–C) groups is 1. The molecule has 0 unspecified atom stereocenters. The van der Waals surface area contributed by atoms with Crippen LogP contribution in [0.2, 0.25) is 0 Å². The lowest BCUT2D eigenvalue weighted by molar-refractivity contribution is -0.120. The van der Waals surface area contributed by atoms with E-state index in [1.54, 1.807) is 12.1 Å². The number of nitrogens with two attached hydrogens (primary N) is 2. The predicted molar refractivity (Wildman–Crippen MR) is 136 cm³/mol. The maximum Gasteiger partial charge on any atom is 0.255 e. The molecule has 0 heterocycles. The molecule has 0 aliphatic rings. The Morgan fingerprint density at radius 3 is 1.91 bits per heavy atom. The van der Waals surface area contributed by atoms with Crippen molar-refractivity contribution in [3.63, 3.8) is 0 Å². The third-order valence-corrected chi connectivity index (χ3v) is 5.23. The minimum absolute atomic E-state index is 0.00153. The lowest BCUT2D eigenvalue weighted by atomic mass is 9.79. The minimum Gasteiger partial charge on any atom is -0.370 e. The highest BCUT2D eigenvalue weighted by atomic mass is 16.2. The van der Waals surface area contributed by atoms with E-state index in [0.29, 0.717) is 24.3 Å². The maximum absolute atomic E-state index is 13.0. The van der Waals surface area contributed by atoms with E-state index in [1.807, 2.05) is 24.3 Å². The Bertz CT molecular complexity index is 976. The third kappa shape index (κ3) is 8.25. The molecule has 0 aliphatic carbocycles. The van der Waals surface area contributed by atoms with Gasteiger partial charge < -0.3 is 22.1 Å². The first-order valence-electron chi connectivity index (χ1n) is 11.1. The second-order valence-electron chi connectivity index (χ2n) is 10.3. The summed E-state index contributed by atoms with van der Waals surface area (Å²) in [5.74, 6) is -0.273. The van der Waals surface area contributed by atoms with Gasteiger partial charge in [-0.3, -0.25) is 14.6 Å². The van der Waals surface area contributed by atoms with Gasteiger partial charge in [0.2, 0.25) is 5.91 Å². The van der Waals surface area contributed by atoms with Gasteiger partial charge in [-0.1, -0.05) is 59.7 Å². The summed E-state index contributed by atoms with van der Waals surface area (Å²) in [6.45, 7) is 13.6. The minimum atomic E-state index is -0.156. The molecule has 178 valence electrons. The van der Waals surface area contributed by atoms with E-state index < -0.39 is 0 Å². The molecule has 0 atom stereocenters. The second kappa shape index (κ2) is 10.5.